The molecule has 3 heteroatoms. The third-order valence-corrected chi connectivity index (χ3v) is 2.76. The van der Waals surface area contributed by atoms with Crippen molar-refractivity contribution < 1.29 is 9.90 Å². The van der Waals surface area contributed by atoms with Crippen LogP contribution in [0.3, 0.4) is 0 Å². The van der Waals surface area contributed by atoms with Crippen molar-refractivity contribution >= 4 is 5.78 Å². The minimum absolute atomic E-state index is 0.0774. The van der Waals surface area contributed by atoms with Gasteiger partial charge in [0.15, 0.2) is 0 Å². The molecule has 1 N–H and O–H groups in total. The number of carbonyl (C=O) groups excluding carboxylic acids is 1. The molecule has 1 heterocycles. The second-order valence-electron chi connectivity index (χ2n) is 6.29. The van der Waals surface area contributed by atoms with Gasteiger partial charge in [-0.15, -0.1) is 0 Å². The Hall–Kier alpha value is -1.64. The molecule has 0 saturated carbocycles. The Kier molecular flexibility index (Phi) is 4.87. The summed E-state index contributed by atoms with van der Waals surface area (Å²) in [5.74, 6) is 0.357. The Morgan fingerprint density at radius 3 is 2.58 bits per heavy atom. The van der Waals surface area contributed by atoms with Crippen LogP contribution in [-0.4, -0.2) is 15.9 Å². The van der Waals surface area contributed by atoms with Crippen LogP contribution in [0, 0.1) is 11.3 Å². The van der Waals surface area contributed by atoms with Gasteiger partial charge in [-0.05, 0) is 30.0 Å². The first kappa shape index (κ1) is 15.4. The zero-order valence-electron chi connectivity index (χ0n) is 12.4. The summed E-state index contributed by atoms with van der Waals surface area (Å²) in [5.41, 5.74) is 1.05. The maximum absolute atomic E-state index is 12.0. The number of ketones is 1. The van der Waals surface area contributed by atoms with Gasteiger partial charge in [0.25, 0.3) is 0 Å². The maximum Gasteiger partial charge on any atom is 0.207 e. The van der Waals surface area contributed by atoms with Gasteiger partial charge < -0.3 is 5.11 Å². The van der Waals surface area contributed by atoms with E-state index in [4.69, 9.17) is 0 Å². The molecular formula is C16H23NO2. The molecule has 0 bridgehead atoms. The fourth-order valence-corrected chi connectivity index (χ4v) is 1.62. The molecule has 19 heavy (non-hydrogen) atoms. The summed E-state index contributed by atoms with van der Waals surface area (Å²) in [6.45, 7) is 9.83. The normalized spacial score (nSPS) is 12.8. The molecule has 1 aromatic heterocycles. The van der Waals surface area contributed by atoms with Crippen molar-refractivity contribution in [3.63, 3.8) is 0 Å². The van der Waals surface area contributed by atoms with Crippen LogP contribution in [0.4, 0.5) is 0 Å². The Balaban J connectivity index is 2.95. The lowest BCUT2D eigenvalue weighted by molar-refractivity contribution is 0.103. The van der Waals surface area contributed by atoms with Crippen LogP contribution in [0.5, 0.6) is 0 Å². The minimum Gasteiger partial charge on any atom is -0.512 e. The van der Waals surface area contributed by atoms with Gasteiger partial charge in [0.05, 0.1) is 0 Å². The van der Waals surface area contributed by atoms with Gasteiger partial charge in [0.2, 0.25) is 5.78 Å². The van der Waals surface area contributed by atoms with E-state index in [0.29, 0.717) is 11.6 Å². The third-order valence-electron chi connectivity index (χ3n) is 2.76. The fourth-order valence-electron chi connectivity index (χ4n) is 1.62. The highest BCUT2D eigenvalue weighted by Crippen LogP contribution is 2.22. The molecule has 0 aliphatic rings. The molecule has 0 spiro atoms. The number of rotatable bonds is 4. The highest BCUT2D eigenvalue weighted by Gasteiger charge is 2.18. The highest BCUT2D eigenvalue weighted by molar-refractivity contribution is 6.03. The number of nitrogens with zero attached hydrogens (tertiary/aromatic N) is 1. The molecule has 0 aliphatic heterocycles. The molecule has 3 nitrogen and oxygen atoms in total. The molecular weight excluding hydrogens is 238 g/mol. The molecule has 0 saturated heterocycles. The van der Waals surface area contributed by atoms with Gasteiger partial charge in [0, 0.05) is 17.7 Å². The average molecular weight is 261 g/mol. The minimum atomic E-state index is -0.425. The van der Waals surface area contributed by atoms with Gasteiger partial charge in [-0.2, -0.15) is 0 Å². The van der Waals surface area contributed by atoms with Gasteiger partial charge in [0.1, 0.15) is 11.5 Å². The topological polar surface area (TPSA) is 50.2 Å². The predicted molar refractivity (Wildman–Crippen MR) is 77.3 cm³/mol. The van der Waals surface area contributed by atoms with Crippen LogP contribution in [0.25, 0.3) is 0 Å². The Bertz CT molecular complexity index is 482. The Morgan fingerprint density at radius 2 is 2.05 bits per heavy atom. The lowest BCUT2D eigenvalue weighted by atomic mass is 9.93. The van der Waals surface area contributed by atoms with Crippen molar-refractivity contribution in [2.24, 2.45) is 11.3 Å². The van der Waals surface area contributed by atoms with Gasteiger partial charge in [-0.25, -0.2) is 0 Å². The summed E-state index contributed by atoms with van der Waals surface area (Å²) in [7, 11) is 0. The fraction of sp³-hybridized carbons (Fsp3) is 0.500. The van der Waals surface area contributed by atoms with Crippen molar-refractivity contribution in [1.82, 2.24) is 4.98 Å². The van der Waals surface area contributed by atoms with Crippen LogP contribution < -0.4 is 0 Å². The van der Waals surface area contributed by atoms with E-state index in [1.165, 1.54) is 6.08 Å². The second kappa shape index (κ2) is 6.00. The number of hydrogen-bond acceptors (Lipinski definition) is 3. The van der Waals surface area contributed by atoms with Crippen molar-refractivity contribution in [1.29, 1.82) is 0 Å². The summed E-state index contributed by atoms with van der Waals surface area (Å²) in [6.07, 6.45) is 3.83. The second-order valence-corrected chi connectivity index (χ2v) is 6.29. The first-order valence-corrected chi connectivity index (χ1v) is 6.60. The smallest absolute Gasteiger partial charge is 0.207 e. The molecule has 0 unspecified atom stereocenters. The number of carbonyl (C=O) groups is 1. The summed E-state index contributed by atoms with van der Waals surface area (Å²) >= 11 is 0. The first-order valence-electron chi connectivity index (χ1n) is 6.60. The third kappa shape index (κ3) is 4.86. The number of aliphatic hydroxyl groups excluding tert-OH is 1. The maximum atomic E-state index is 12.0. The monoisotopic (exact) mass is 261 g/mol. The molecule has 0 amide bonds. The molecule has 1 aromatic rings. The van der Waals surface area contributed by atoms with E-state index >= 15 is 0 Å². The molecule has 1 rings (SSSR count). The average Bonchev–Trinajstić information content (AvgIpc) is 2.27. The van der Waals surface area contributed by atoms with E-state index in [9.17, 15) is 9.90 Å². The van der Waals surface area contributed by atoms with Crippen molar-refractivity contribution in [2.45, 2.75) is 41.0 Å². The van der Waals surface area contributed by atoms with Gasteiger partial charge in [-0.1, -0.05) is 34.6 Å². The zero-order valence-corrected chi connectivity index (χ0v) is 12.4. The van der Waals surface area contributed by atoms with Gasteiger partial charge >= 0.3 is 0 Å². The van der Waals surface area contributed by atoms with Crippen LogP contribution in [0.1, 0.15) is 50.7 Å². The lowest BCUT2D eigenvalue weighted by Gasteiger charge is -2.16. The molecule has 0 atom stereocenters. The predicted octanol–water partition coefficient (Wildman–Crippen LogP) is 3.95. The van der Waals surface area contributed by atoms with Crippen molar-refractivity contribution in [2.75, 3.05) is 0 Å². The molecule has 0 aliphatic carbocycles. The number of aliphatic hydroxyl groups is 1. The standard InChI is InChI=1S/C16H23NO2/c1-11(2)8-12-6-7-17-13(9-12)14(18)10-15(19)16(3,4)5/h6-7,9-11,19H,8H2,1-5H3/b15-10-. The number of aromatic nitrogens is 1. The number of pyridine rings is 1. The number of hydrogen-bond donors (Lipinski definition) is 1. The van der Waals surface area contributed by atoms with Crippen LogP contribution in [0.2, 0.25) is 0 Å². The number of allylic oxidation sites excluding steroid dienone is 2. The summed E-state index contributed by atoms with van der Waals surface area (Å²) in [4.78, 5) is 16.1. The highest BCUT2D eigenvalue weighted by atomic mass is 16.3. The van der Waals surface area contributed by atoms with Crippen LogP contribution >= 0.6 is 0 Å². The zero-order chi connectivity index (χ0) is 14.6. The molecule has 0 radical (unpaired) electrons. The summed E-state index contributed by atoms with van der Waals surface area (Å²) in [5, 5.41) is 9.84. The van der Waals surface area contributed by atoms with E-state index in [0.717, 1.165) is 12.0 Å². The molecule has 104 valence electrons. The summed E-state index contributed by atoms with van der Waals surface area (Å²) in [6, 6.07) is 3.72. The van der Waals surface area contributed by atoms with Crippen molar-refractivity contribution in [3.05, 3.63) is 41.4 Å². The Morgan fingerprint density at radius 1 is 1.42 bits per heavy atom. The van der Waals surface area contributed by atoms with E-state index in [-0.39, 0.29) is 11.5 Å². The SMILES string of the molecule is CC(C)Cc1ccnc(C(=O)/C=C(\O)C(C)(C)C)c1. The van der Waals surface area contributed by atoms with Crippen molar-refractivity contribution in [3.8, 4) is 0 Å². The largest absolute Gasteiger partial charge is 0.512 e. The first-order chi connectivity index (χ1) is 8.70. The van der Waals surface area contributed by atoms with Crippen LogP contribution in [-0.2, 0) is 6.42 Å². The van der Waals surface area contributed by atoms with E-state index < -0.39 is 5.41 Å². The molecule has 0 aromatic carbocycles. The lowest BCUT2D eigenvalue weighted by Crippen LogP contribution is -2.11. The quantitative estimate of drug-likeness (QED) is 0.507. The van der Waals surface area contributed by atoms with E-state index in [1.54, 1.807) is 12.3 Å². The Labute approximate surface area is 115 Å². The molecule has 0 fully saturated rings. The van der Waals surface area contributed by atoms with E-state index in [2.05, 4.69) is 18.8 Å². The van der Waals surface area contributed by atoms with Gasteiger partial charge in [-0.3, -0.25) is 9.78 Å². The van der Waals surface area contributed by atoms with E-state index in [1.807, 2.05) is 26.8 Å². The van der Waals surface area contributed by atoms with Crippen LogP contribution in [0.15, 0.2) is 30.2 Å². The summed E-state index contributed by atoms with van der Waals surface area (Å²) < 4.78 is 0.